The smallest absolute Gasteiger partial charge is 0.200 e. The van der Waals surface area contributed by atoms with Crippen LogP contribution in [0.5, 0.6) is 0 Å². The molecule has 0 fully saturated rings. The van der Waals surface area contributed by atoms with Crippen molar-refractivity contribution in [2.45, 2.75) is 67.4 Å². The average molecular weight is 462 g/mol. The zero-order valence-electron chi connectivity index (χ0n) is 12.8. The van der Waals surface area contributed by atoms with E-state index in [-0.39, 0.29) is 6.92 Å². The highest BCUT2D eigenvalue weighted by Gasteiger charge is 2.91. The van der Waals surface area contributed by atoms with E-state index in [1.165, 1.54) is 0 Å². The highest BCUT2D eigenvalue weighted by Crippen LogP contribution is 2.61. The molecule has 0 N–H and O–H groups in total. The first-order valence-electron chi connectivity index (χ1n) is 6.48. The van der Waals surface area contributed by atoms with E-state index in [0.29, 0.717) is 0 Å². The molecule has 0 bridgehead atoms. The summed E-state index contributed by atoms with van der Waals surface area (Å²) in [6.45, 7) is 0.191. The second-order valence-corrected chi connectivity index (χ2v) is 5.44. The fourth-order valence-corrected chi connectivity index (χ4v) is 1.58. The number of halogens is 17. The lowest BCUT2D eigenvalue weighted by Gasteiger charge is -2.40. The van der Waals surface area contributed by atoms with Crippen molar-refractivity contribution in [1.29, 1.82) is 0 Å². The largest absolute Gasteiger partial charge is 0.460 e. The Hall–Kier alpha value is -1.19. The highest BCUT2D eigenvalue weighted by molar-refractivity contribution is 5.11. The quantitative estimate of drug-likeness (QED) is 0.349. The van der Waals surface area contributed by atoms with Gasteiger partial charge in [0.2, 0.25) is 0 Å². The van der Waals surface area contributed by atoms with Crippen LogP contribution in [-0.4, -0.2) is 47.6 Å². The molecule has 0 atom stereocenters. The Balaban J connectivity index is 6.34. The fourth-order valence-electron chi connectivity index (χ4n) is 1.58. The summed E-state index contributed by atoms with van der Waals surface area (Å²) in [4.78, 5) is 0. The minimum Gasteiger partial charge on any atom is -0.200 e. The van der Waals surface area contributed by atoms with Crippen molar-refractivity contribution in [3.8, 4) is 0 Å². The standard InChI is InChI=1S/C11H7F17/c1-2-4(12,13)5(14,15)3-6(16,17)7(18,19)8(20,21)9(22,23)10(24,25)11(26,27)28/h2-3H2,1H3. The molecule has 0 aromatic carbocycles. The summed E-state index contributed by atoms with van der Waals surface area (Å²) in [6.07, 6.45) is -14.0. The van der Waals surface area contributed by atoms with Gasteiger partial charge in [-0.1, -0.05) is 6.92 Å². The van der Waals surface area contributed by atoms with E-state index in [1.807, 2.05) is 0 Å². The molecule has 0 aliphatic rings. The van der Waals surface area contributed by atoms with E-state index < -0.39 is 60.5 Å². The van der Waals surface area contributed by atoms with E-state index >= 15 is 0 Å². The third kappa shape index (κ3) is 3.68. The van der Waals surface area contributed by atoms with Crippen molar-refractivity contribution in [3.63, 3.8) is 0 Å². The van der Waals surface area contributed by atoms with E-state index in [9.17, 15) is 74.6 Å². The molecule has 0 aliphatic carbocycles. The number of alkyl halides is 17. The first kappa shape index (κ1) is 26.8. The first-order chi connectivity index (χ1) is 11.8. The van der Waals surface area contributed by atoms with Gasteiger partial charge in [-0.05, 0) is 0 Å². The van der Waals surface area contributed by atoms with Gasteiger partial charge in [0.15, 0.2) is 0 Å². The number of hydrogen-bond acceptors (Lipinski definition) is 0. The SMILES string of the molecule is CCC(F)(F)C(F)(F)CC(F)(F)C(F)(F)C(F)(F)C(F)(F)C(F)(F)C(F)(F)F. The van der Waals surface area contributed by atoms with Gasteiger partial charge in [-0.2, -0.15) is 74.6 Å². The van der Waals surface area contributed by atoms with Crippen LogP contribution in [0.2, 0.25) is 0 Å². The van der Waals surface area contributed by atoms with Crippen molar-refractivity contribution >= 4 is 0 Å². The Morgan fingerprint density at radius 3 is 1.00 bits per heavy atom. The van der Waals surface area contributed by atoms with E-state index in [1.54, 1.807) is 0 Å². The maximum atomic E-state index is 13.2. The van der Waals surface area contributed by atoms with Gasteiger partial charge >= 0.3 is 47.6 Å². The molecule has 0 aromatic rings. The molecule has 0 amide bonds. The lowest BCUT2D eigenvalue weighted by molar-refractivity contribution is -0.443. The topological polar surface area (TPSA) is 0 Å². The van der Waals surface area contributed by atoms with Crippen LogP contribution in [-0.2, 0) is 0 Å². The molecule has 0 unspecified atom stereocenters. The summed E-state index contributed by atoms with van der Waals surface area (Å²) in [7, 11) is 0. The lowest BCUT2D eigenvalue weighted by Crippen LogP contribution is -2.70. The van der Waals surface area contributed by atoms with E-state index in [0.717, 1.165) is 0 Å². The molecule has 0 rings (SSSR count). The monoisotopic (exact) mass is 462 g/mol. The summed E-state index contributed by atoms with van der Waals surface area (Å²) in [5.41, 5.74) is 0. The van der Waals surface area contributed by atoms with Crippen LogP contribution in [0.25, 0.3) is 0 Å². The molecule has 170 valence electrons. The molecule has 0 aromatic heterocycles. The molecule has 0 radical (unpaired) electrons. The van der Waals surface area contributed by atoms with Crippen LogP contribution in [0.4, 0.5) is 74.6 Å². The summed E-state index contributed by atoms with van der Waals surface area (Å²) < 4.78 is 217. The number of rotatable bonds is 8. The van der Waals surface area contributed by atoms with Gasteiger partial charge in [-0.3, -0.25) is 0 Å². The van der Waals surface area contributed by atoms with Gasteiger partial charge in [0.1, 0.15) is 0 Å². The third-order valence-corrected chi connectivity index (χ3v) is 3.42. The molecule has 28 heavy (non-hydrogen) atoms. The van der Waals surface area contributed by atoms with Gasteiger partial charge in [0, 0.05) is 6.42 Å². The van der Waals surface area contributed by atoms with Crippen LogP contribution >= 0.6 is 0 Å². The highest BCUT2D eigenvalue weighted by atomic mass is 19.4. The summed E-state index contributed by atoms with van der Waals surface area (Å²) in [5.74, 6) is -51.8. The normalized spacial score (nSPS) is 16.5. The molecule has 0 saturated carbocycles. The van der Waals surface area contributed by atoms with E-state index in [2.05, 4.69) is 0 Å². The van der Waals surface area contributed by atoms with Gasteiger partial charge in [-0.25, -0.2) is 0 Å². The number of hydrogen-bond donors (Lipinski definition) is 0. The molecule has 0 spiro atoms. The van der Waals surface area contributed by atoms with Gasteiger partial charge in [0.05, 0.1) is 6.42 Å². The Morgan fingerprint density at radius 1 is 0.393 bits per heavy atom. The second-order valence-electron chi connectivity index (χ2n) is 5.44. The van der Waals surface area contributed by atoms with Crippen molar-refractivity contribution in [1.82, 2.24) is 0 Å². The summed E-state index contributed by atoms with van der Waals surface area (Å²) in [5, 5.41) is 0. The van der Waals surface area contributed by atoms with Gasteiger partial charge < -0.3 is 0 Å². The zero-order valence-corrected chi connectivity index (χ0v) is 12.8. The Morgan fingerprint density at radius 2 is 0.714 bits per heavy atom. The zero-order chi connectivity index (χ0) is 23.4. The molecule has 0 saturated heterocycles. The van der Waals surface area contributed by atoms with E-state index in [4.69, 9.17) is 0 Å². The summed E-state index contributed by atoms with van der Waals surface area (Å²) >= 11 is 0. The van der Waals surface area contributed by atoms with Crippen LogP contribution in [0, 0.1) is 0 Å². The van der Waals surface area contributed by atoms with Crippen LogP contribution in [0.15, 0.2) is 0 Å². The Kier molecular flexibility index (Phi) is 6.39. The molecular formula is C11H7F17. The molecular weight excluding hydrogens is 455 g/mol. The maximum absolute atomic E-state index is 13.2. The minimum absolute atomic E-state index is 0.191. The minimum atomic E-state index is -8.31. The predicted octanol–water partition coefficient (Wildman–Crippen LogP) is 6.80. The molecule has 17 heteroatoms. The molecule has 0 heterocycles. The second kappa shape index (κ2) is 6.67. The van der Waals surface area contributed by atoms with Crippen LogP contribution in [0.1, 0.15) is 19.8 Å². The third-order valence-electron chi connectivity index (χ3n) is 3.42. The predicted molar refractivity (Wildman–Crippen MR) is 55.6 cm³/mol. The lowest BCUT2D eigenvalue weighted by atomic mass is 9.90. The Labute approximate surface area is 143 Å². The van der Waals surface area contributed by atoms with Crippen LogP contribution < -0.4 is 0 Å². The van der Waals surface area contributed by atoms with Crippen molar-refractivity contribution in [3.05, 3.63) is 0 Å². The van der Waals surface area contributed by atoms with Crippen molar-refractivity contribution in [2.24, 2.45) is 0 Å². The fraction of sp³-hybridized carbons (Fsp3) is 1.00. The van der Waals surface area contributed by atoms with Crippen molar-refractivity contribution in [2.75, 3.05) is 0 Å². The maximum Gasteiger partial charge on any atom is 0.460 e. The van der Waals surface area contributed by atoms with Crippen LogP contribution in [0.3, 0.4) is 0 Å². The van der Waals surface area contributed by atoms with Gasteiger partial charge in [0.25, 0.3) is 0 Å². The summed E-state index contributed by atoms with van der Waals surface area (Å²) in [6, 6.07) is 0. The Bertz CT molecular complexity index is 554. The average Bonchev–Trinajstić information content (AvgIpc) is 2.43. The van der Waals surface area contributed by atoms with Crippen molar-refractivity contribution < 1.29 is 74.6 Å². The van der Waals surface area contributed by atoms with Gasteiger partial charge in [-0.15, -0.1) is 0 Å². The first-order valence-corrected chi connectivity index (χ1v) is 6.48. The molecule has 0 aliphatic heterocycles. The molecule has 0 nitrogen and oxygen atoms in total.